The first-order valence-electron chi connectivity index (χ1n) is 5.46. The maximum Gasteiger partial charge on any atom is 0.330 e. The van der Waals surface area contributed by atoms with Gasteiger partial charge in [0.05, 0.1) is 15.4 Å². The van der Waals surface area contributed by atoms with Crippen molar-refractivity contribution in [3.8, 4) is 0 Å². The van der Waals surface area contributed by atoms with Crippen LogP contribution in [0.3, 0.4) is 0 Å². The summed E-state index contributed by atoms with van der Waals surface area (Å²) in [6.45, 7) is 3.70. The monoisotopic (exact) mass is 378 g/mol. The summed E-state index contributed by atoms with van der Waals surface area (Å²) < 4.78 is 7.49. The average molecular weight is 380 g/mol. The largest absolute Gasteiger partial charge is 0.353 e. The molecule has 2 heterocycles. The van der Waals surface area contributed by atoms with Crippen LogP contribution >= 0.6 is 31.9 Å². The summed E-state index contributed by atoms with van der Waals surface area (Å²) in [6.07, 6.45) is 4.42. The van der Waals surface area contributed by atoms with Gasteiger partial charge in [-0.1, -0.05) is 22.0 Å². The SMILES string of the molecule is C=CC(Br)[C@@H]1CC[C@H](n2cc(Br)c(=O)[nH]c2=O)O1. The van der Waals surface area contributed by atoms with Crippen LogP contribution in [0, 0.1) is 0 Å². The Morgan fingerprint density at radius 1 is 1.56 bits per heavy atom. The lowest BCUT2D eigenvalue weighted by atomic mass is 10.2. The predicted octanol–water partition coefficient (Wildman–Crippen LogP) is 1.93. The molecule has 1 unspecified atom stereocenters. The summed E-state index contributed by atoms with van der Waals surface area (Å²) in [5.41, 5.74) is -0.895. The van der Waals surface area contributed by atoms with E-state index in [9.17, 15) is 9.59 Å². The molecule has 18 heavy (non-hydrogen) atoms. The van der Waals surface area contributed by atoms with Crippen molar-refractivity contribution >= 4 is 31.9 Å². The van der Waals surface area contributed by atoms with Crippen LogP contribution in [0.15, 0.2) is 32.9 Å². The van der Waals surface area contributed by atoms with Crippen LogP contribution in [0.2, 0.25) is 0 Å². The summed E-state index contributed by atoms with van der Waals surface area (Å²) in [7, 11) is 0. The van der Waals surface area contributed by atoms with Crippen LogP contribution < -0.4 is 11.2 Å². The van der Waals surface area contributed by atoms with Crippen LogP contribution in [0.4, 0.5) is 0 Å². The maximum absolute atomic E-state index is 11.7. The van der Waals surface area contributed by atoms with E-state index in [0.717, 1.165) is 12.8 Å². The van der Waals surface area contributed by atoms with Gasteiger partial charge in [-0.25, -0.2) is 4.79 Å². The minimum Gasteiger partial charge on any atom is -0.353 e. The van der Waals surface area contributed by atoms with Crippen LogP contribution in [-0.2, 0) is 4.74 Å². The third kappa shape index (κ3) is 2.67. The fraction of sp³-hybridized carbons (Fsp3) is 0.455. The van der Waals surface area contributed by atoms with Crippen LogP contribution in [0.5, 0.6) is 0 Å². The molecule has 1 aliphatic rings. The molecule has 1 aromatic heterocycles. The number of hydrogen-bond acceptors (Lipinski definition) is 3. The summed E-state index contributed by atoms with van der Waals surface area (Å²) in [6, 6.07) is 0. The highest BCUT2D eigenvalue weighted by Crippen LogP contribution is 2.31. The molecule has 0 spiro atoms. The van der Waals surface area contributed by atoms with E-state index >= 15 is 0 Å². The highest BCUT2D eigenvalue weighted by molar-refractivity contribution is 9.10. The Labute approximate surface area is 120 Å². The Hall–Kier alpha value is -0.660. The molecule has 0 radical (unpaired) electrons. The van der Waals surface area contributed by atoms with Crippen molar-refractivity contribution in [3.63, 3.8) is 0 Å². The first-order chi connectivity index (χ1) is 8.52. The number of ether oxygens (including phenoxy) is 1. The Balaban J connectivity index is 2.24. The zero-order chi connectivity index (χ0) is 13.3. The standard InChI is InChI=1S/C11H12Br2N2O3/c1-2-6(12)8-3-4-9(18-8)15-5-7(13)10(16)14-11(15)17/h2,5-6,8-9H,1,3-4H2,(H,14,16,17)/t6?,8-,9+/m0/s1. The molecule has 1 saturated heterocycles. The fourth-order valence-corrected chi connectivity index (χ4v) is 2.62. The molecule has 0 aromatic carbocycles. The van der Waals surface area contributed by atoms with E-state index in [-0.39, 0.29) is 17.2 Å². The molecule has 0 bridgehead atoms. The average Bonchev–Trinajstić information content (AvgIpc) is 2.82. The molecule has 1 N–H and O–H groups in total. The lowest BCUT2D eigenvalue weighted by molar-refractivity contribution is 0.00377. The zero-order valence-electron chi connectivity index (χ0n) is 9.44. The number of aromatic amines is 1. The Bertz CT molecular complexity index is 566. The first-order valence-corrected chi connectivity index (χ1v) is 7.17. The highest BCUT2D eigenvalue weighted by atomic mass is 79.9. The number of halogens is 2. The van der Waals surface area contributed by atoms with Crippen molar-refractivity contribution in [3.05, 3.63) is 44.2 Å². The second-order valence-corrected chi connectivity index (χ2v) is 5.94. The first kappa shape index (κ1) is 13.8. The van der Waals surface area contributed by atoms with Gasteiger partial charge in [0, 0.05) is 6.20 Å². The quantitative estimate of drug-likeness (QED) is 0.644. The van der Waals surface area contributed by atoms with Crippen LogP contribution in [0.25, 0.3) is 0 Å². The maximum atomic E-state index is 11.7. The van der Waals surface area contributed by atoms with Crippen molar-refractivity contribution in [2.45, 2.75) is 30.0 Å². The van der Waals surface area contributed by atoms with E-state index < -0.39 is 11.2 Å². The Morgan fingerprint density at radius 3 is 2.94 bits per heavy atom. The fourth-order valence-electron chi connectivity index (χ4n) is 1.91. The van der Waals surface area contributed by atoms with Crippen molar-refractivity contribution in [2.75, 3.05) is 0 Å². The number of aromatic nitrogens is 2. The third-order valence-electron chi connectivity index (χ3n) is 2.84. The van der Waals surface area contributed by atoms with Gasteiger partial charge in [0.1, 0.15) is 6.23 Å². The van der Waals surface area contributed by atoms with Crippen molar-refractivity contribution in [1.82, 2.24) is 9.55 Å². The molecular formula is C11H12Br2N2O3. The van der Waals surface area contributed by atoms with E-state index in [1.165, 1.54) is 10.8 Å². The van der Waals surface area contributed by atoms with E-state index in [4.69, 9.17) is 4.74 Å². The lowest BCUT2D eigenvalue weighted by Crippen LogP contribution is -2.33. The Morgan fingerprint density at radius 2 is 2.28 bits per heavy atom. The van der Waals surface area contributed by atoms with Crippen LogP contribution in [0.1, 0.15) is 19.1 Å². The molecule has 1 fully saturated rings. The molecular weight excluding hydrogens is 368 g/mol. The van der Waals surface area contributed by atoms with Crippen molar-refractivity contribution in [1.29, 1.82) is 0 Å². The van der Waals surface area contributed by atoms with Gasteiger partial charge in [-0.15, -0.1) is 6.58 Å². The summed E-state index contributed by atoms with van der Waals surface area (Å²) >= 11 is 6.55. The molecule has 98 valence electrons. The predicted molar refractivity (Wildman–Crippen MR) is 75.1 cm³/mol. The second kappa shape index (κ2) is 5.54. The van der Waals surface area contributed by atoms with E-state index in [2.05, 4.69) is 43.4 Å². The van der Waals surface area contributed by atoms with Gasteiger partial charge < -0.3 is 4.74 Å². The number of H-pyrrole nitrogens is 1. The molecule has 0 aliphatic carbocycles. The second-order valence-electron chi connectivity index (χ2n) is 4.03. The lowest BCUT2D eigenvalue weighted by Gasteiger charge is -2.17. The van der Waals surface area contributed by atoms with Gasteiger partial charge in [-0.2, -0.15) is 0 Å². The molecule has 0 amide bonds. The normalized spacial score (nSPS) is 25.0. The summed E-state index contributed by atoms with van der Waals surface area (Å²) in [4.78, 5) is 25.2. The number of nitrogens with one attached hydrogen (secondary N) is 1. The number of hydrogen-bond donors (Lipinski definition) is 1. The van der Waals surface area contributed by atoms with Gasteiger partial charge in [0.25, 0.3) is 5.56 Å². The molecule has 1 aliphatic heterocycles. The zero-order valence-corrected chi connectivity index (χ0v) is 12.6. The summed E-state index contributed by atoms with van der Waals surface area (Å²) in [5, 5.41) is 0. The minimum absolute atomic E-state index is 0.00916. The Kier molecular flexibility index (Phi) is 4.24. The molecule has 5 nitrogen and oxygen atoms in total. The molecule has 2 rings (SSSR count). The summed E-state index contributed by atoms with van der Waals surface area (Å²) in [5.74, 6) is 0. The van der Waals surface area contributed by atoms with Gasteiger partial charge in [-0.3, -0.25) is 14.3 Å². The van der Waals surface area contributed by atoms with E-state index in [1.54, 1.807) is 6.08 Å². The smallest absolute Gasteiger partial charge is 0.330 e. The topological polar surface area (TPSA) is 64.1 Å². The number of nitrogens with zero attached hydrogens (tertiary/aromatic N) is 1. The van der Waals surface area contributed by atoms with E-state index in [0.29, 0.717) is 4.47 Å². The van der Waals surface area contributed by atoms with Crippen LogP contribution in [-0.4, -0.2) is 20.5 Å². The number of alkyl halides is 1. The van der Waals surface area contributed by atoms with Crippen molar-refractivity contribution in [2.24, 2.45) is 0 Å². The number of rotatable bonds is 3. The molecule has 0 saturated carbocycles. The molecule has 3 atom stereocenters. The van der Waals surface area contributed by atoms with Gasteiger partial charge in [0.2, 0.25) is 0 Å². The van der Waals surface area contributed by atoms with E-state index in [1.807, 2.05) is 0 Å². The van der Waals surface area contributed by atoms with Gasteiger partial charge in [0.15, 0.2) is 0 Å². The van der Waals surface area contributed by atoms with Gasteiger partial charge in [-0.05, 0) is 28.8 Å². The molecule has 7 heteroatoms. The minimum atomic E-state index is -0.460. The van der Waals surface area contributed by atoms with Crippen molar-refractivity contribution < 1.29 is 4.74 Å². The third-order valence-corrected chi connectivity index (χ3v) is 4.37. The molecule has 1 aromatic rings. The van der Waals surface area contributed by atoms with Gasteiger partial charge >= 0.3 is 5.69 Å². The highest BCUT2D eigenvalue weighted by Gasteiger charge is 2.30.